The Balaban J connectivity index is 2.74. The van der Waals surface area contributed by atoms with Crippen LogP contribution in [0.4, 0.5) is 5.82 Å². The minimum atomic E-state index is 0.379. The van der Waals surface area contributed by atoms with Crippen LogP contribution in [0.3, 0.4) is 0 Å². The molecule has 4 heteroatoms. The summed E-state index contributed by atoms with van der Waals surface area (Å²) in [6.45, 7) is 4.98. The van der Waals surface area contributed by atoms with E-state index in [-0.39, 0.29) is 0 Å². The molecule has 0 aliphatic heterocycles. The first-order valence-corrected chi connectivity index (χ1v) is 5.85. The van der Waals surface area contributed by atoms with E-state index in [0.29, 0.717) is 11.6 Å². The number of hydrogen-bond donors (Lipinski definition) is 1. The Labute approximate surface area is 103 Å². The Morgan fingerprint density at radius 2 is 2.18 bits per heavy atom. The molecule has 1 aromatic heterocycles. The van der Waals surface area contributed by atoms with Crippen molar-refractivity contribution in [3.8, 4) is 6.07 Å². The number of hydrogen-bond acceptors (Lipinski definition) is 4. The zero-order valence-electron chi connectivity index (χ0n) is 11.0. The van der Waals surface area contributed by atoms with Crippen LogP contribution in [0.1, 0.15) is 24.6 Å². The monoisotopic (exact) mass is 232 g/mol. The van der Waals surface area contributed by atoms with E-state index < -0.39 is 0 Å². The van der Waals surface area contributed by atoms with Gasteiger partial charge < -0.3 is 10.2 Å². The Hall–Kier alpha value is -1.60. The highest BCUT2D eigenvalue weighted by Crippen LogP contribution is 2.11. The van der Waals surface area contributed by atoms with Gasteiger partial charge in [0.1, 0.15) is 11.9 Å². The normalized spacial score (nSPS) is 12.2. The van der Waals surface area contributed by atoms with E-state index in [0.717, 1.165) is 24.5 Å². The lowest BCUT2D eigenvalue weighted by atomic mass is 10.2. The van der Waals surface area contributed by atoms with E-state index in [9.17, 15) is 0 Å². The molecule has 0 saturated heterocycles. The number of pyridine rings is 1. The van der Waals surface area contributed by atoms with Gasteiger partial charge in [-0.25, -0.2) is 4.98 Å². The molecule has 17 heavy (non-hydrogen) atoms. The Kier molecular flexibility index (Phi) is 4.92. The third-order valence-corrected chi connectivity index (χ3v) is 2.64. The van der Waals surface area contributed by atoms with Crippen molar-refractivity contribution in [1.82, 2.24) is 9.88 Å². The second kappa shape index (κ2) is 6.21. The van der Waals surface area contributed by atoms with Gasteiger partial charge in [0, 0.05) is 12.6 Å². The summed E-state index contributed by atoms with van der Waals surface area (Å²) in [5.74, 6) is 0.843. The Bertz CT molecular complexity index is 406. The van der Waals surface area contributed by atoms with Crippen LogP contribution in [-0.4, -0.2) is 36.6 Å². The van der Waals surface area contributed by atoms with Crippen LogP contribution in [-0.2, 0) is 0 Å². The van der Waals surface area contributed by atoms with E-state index in [2.05, 4.69) is 42.3 Å². The first-order valence-electron chi connectivity index (χ1n) is 5.85. The largest absolute Gasteiger partial charge is 0.366 e. The summed E-state index contributed by atoms with van der Waals surface area (Å²) < 4.78 is 0. The molecule has 0 saturated carbocycles. The zero-order chi connectivity index (χ0) is 12.8. The van der Waals surface area contributed by atoms with Crippen LogP contribution in [0.25, 0.3) is 0 Å². The molecule has 1 rings (SSSR count). The maximum atomic E-state index is 8.84. The molecule has 0 bridgehead atoms. The molecule has 4 nitrogen and oxygen atoms in total. The number of rotatable bonds is 5. The molecule has 1 heterocycles. The smallest absolute Gasteiger partial charge is 0.126 e. The molecule has 92 valence electrons. The fourth-order valence-corrected chi connectivity index (χ4v) is 1.69. The first kappa shape index (κ1) is 13.5. The summed E-state index contributed by atoms with van der Waals surface area (Å²) >= 11 is 0. The van der Waals surface area contributed by atoms with Crippen molar-refractivity contribution in [2.24, 2.45) is 0 Å². The number of nitrogens with zero attached hydrogens (tertiary/aromatic N) is 3. The highest BCUT2D eigenvalue weighted by molar-refractivity contribution is 5.43. The lowest BCUT2D eigenvalue weighted by molar-refractivity contribution is 0.378. The maximum Gasteiger partial charge on any atom is 0.126 e. The van der Waals surface area contributed by atoms with Crippen LogP contribution in [0.2, 0.25) is 0 Å². The van der Waals surface area contributed by atoms with Crippen LogP contribution in [0.15, 0.2) is 12.1 Å². The molecule has 0 fully saturated rings. The molecule has 1 aromatic rings. The molecular formula is C13H20N4. The second-order valence-corrected chi connectivity index (χ2v) is 4.45. The third-order valence-electron chi connectivity index (χ3n) is 2.64. The summed E-state index contributed by atoms with van der Waals surface area (Å²) in [6.07, 6.45) is 1.04. The van der Waals surface area contributed by atoms with Gasteiger partial charge in [-0.3, -0.25) is 0 Å². The number of anilines is 1. The number of nitrogens with one attached hydrogen (secondary N) is 1. The van der Waals surface area contributed by atoms with Crippen molar-refractivity contribution < 1.29 is 0 Å². The van der Waals surface area contributed by atoms with Gasteiger partial charge in [0.05, 0.1) is 11.3 Å². The predicted molar refractivity (Wildman–Crippen MR) is 69.9 cm³/mol. The Morgan fingerprint density at radius 3 is 2.65 bits per heavy atom. The summed E-state index contributed by atoms with van der Waals surface area (Å²) in [7, 11) is 4.11. The quantitative estimate of drug-likeness (QED) is 0.843. The number of likely N-dealkylation sites (N-methyl/N-ethyl adjacent to an activating group) is 1. The summed E-state index contributed by atoms with van der Waals surface area (Å²) in [4.78, 5) is 6.54. The molecule has 0 amide bonds. The van der Waals surface area contributed by atoms with Crippen LogP contribution >= 0.6 is 0 Å². The standard InChI is InChI=1S/C13H20N4/c1-5-12(9-17(3)4)16-13-7-6-11(8-14)10(2)15-13/h6-7,12H,5,9H2,1-4H3,(H,15,16)/t12-/m1/s1. The molecule has 1 N–H and O–H groups in total. The number of aromatic nitrogens is 1. The van der Waals surface area contributed by atoms with Crippen molar-refractivity contribution in [2.45, 2.75) is 26.3 Å². The van der Waals surface area contributed by atoms with Gasteiger partial charge in [-0.15, -0.1) is 0 Å². The summed E-state index contributed by atoms with van der Waals surface area (Å²) in [5, 5.41) is 12.2. The van der Waals surface area contributed by atoms with E-state index in [1.165, 1.54) is 0 Å². The average molecular weight is 232 g/mol. The topological polar surface area (TPSA) is 52.0 Å². The highest BCUT2D eigenvalue weighted by Gasteiger charge is 2.08. The molecule has 0 unspecified atom stereocenters. The average Bonchev–Trinajstić information content (AvgIpc) is 2.27. The Morgan fingerprint density at radius 1 is 1.47 bits per heavy atom. The molecule has 0 radical (unpaired) electrons. The van der Waals surface area contributed by atoms with Crippen LogP contribution < -0.4 is 5.32 Å². The molecule has 0 aliphatic carbocycles. The van der Waals surface area contributed by atoms with Crippen molar-refractivity contribution >= 4 is 5.82 Å². The van der Waals surface area contributed by atoms with Crippen LogP contribution in [0.5, 0.6) is 0 Å². The lowest BCUT2D eigenvalue weighted by Crippen LogP contribution is -2.32. The van der Waals surface area contributed by atoms with Gasteiger partial charge in [-0.05, 0) is 39.6 Å². The fourth-order valence-electron chi connectivity index (χ4n) is 1.69. The molecule has 0 aliphatic rings. The molecule has 0 spiro atoms. The van der Waals surface area contributed by atoms with Crippen molar-refractivity contribution in [2.75, 3.05) is 26.0 Å². The first-order chi connectivity index (χ1) is 8.06. The van der Waals surface area contributed by atoms with Crippen LogP contribution in [0, 0.1) is 18.3 Å². The van der Waals surface area contributed by atoms with E-state index >= 15 is 0 Å². The van der Waals surface area contributed by atoms with E-state index in [4.69, 9.17) is 5.26 Å². The lowest BCUT2D eigenvalue weighted by Gasteiger charge is -2.21. The maximum absolute atomic E-state index is 8.84. The molecule has 0 aromatic carbocycles. The SMILES string of the molecule is CC[C@H](CN(C)C)Nc1ccc(C#N)c(C)n1. The number of aryl methyl sites for hydroxylation is 1. The van der Waals surface area contributed by atoms with Gasteiger partial charge in [0.2, 0.25) is 0 Å². The van der Waals surface area contributed by atoms with Gasteiger partial charge in [-0.2, -0.15) is 5.26 Å². The summed E-state index contributed by atoms with van der Waals surface area (Å²) in [5.41, 5.74) is 1.41. The number of nitriles is 1. The predicted octanol–water partition coefficient (Wildman–Crippen LogP) is 2.01. The van der Waals surface area contributed by atoms with Gasteiger partial charge in [-0.1, -0.05) is 6.92 Å². The van der Waals surface area contributed by atoms with Crippen molar-refractivity contribution in [3.05, 3.63) is 23.4 Å². The molecule has 1 atom stereocenters. The van der Waals surface area contributed by atoms with E-state index in [1.807, 2.05) is 19.1 Å². The fraction of sp³-hybridized carbons (Fsp3) is 0.538. The zero-order valence-corrected chi connectivity index (χ0v) is 11.0. The third kappa shape index (κ3) is 4.04. The highest BCUT2D eigenvalue weighted by atomic mass is 15.1. The van der Waals surface area contributed by atoms with Crippen molar-refractivity contribution in [3.63, 3.8) is 0 Å². The minimum Gasteiger partial charge on any atom is -0.366 e. The van der Waals surface area contributed by atoms with E-state index in [1.54, 1.807) is 0 Å². The van der Waals surface area contributed by atoms with Gasteiger partial charge >= 0.3 is 0 Å². The van der Waals surface area contributed by atoms with Crippen molar-refractivity contribution in [1.29, 1.82) is 5.26 Å². The summed E-state index contributed by atoms with van der Waals surface area (Å²) in [6, 6.07) is 6.18. The van der Waals surface area contributed by atoms with Gasteiger partial charge in [0.25, 0.3) is 0 Å². The second-order valence-electron chi connectivity index (χ2n) is 4.45. The molecular weight excluding hydrogens is 212 g/mol. The minimum absolute atomic E-state index is 0.379. The van der Waals surface area contributed by atoms with Gasteiger partial charge in [0.15, 0.2) is 0 Å².